The van der Waals surface area contributed by atoms with Crippen LogP contribution < -0.4 is 5.73 Å². The zero-order valence-corrected chi connectivity index (χ0v) is 12.8. The first-order chi connectivity index (χ1) is 10.1. The van der Waals surface area contributed by atoms with Crippen molar-refractivity contribution in [3.63, 3.8) is 0 Å². The lowest BCUT2D eigenvalue weighted by atomic mass is 10.0. The van der Waals surface area contributed by atoms with Crippen LogP contribution in [0.2, 0.25) is 0 Å². The van der Waals surface area contributed by atoms with Crippen LogP contribution in [0.1, 0.15) is 16.1 Å². The second kappa shape index (κ2) is 5.66. The summed E-state index contributed by atoms with van der Waals surface area (Å²) in [4.78, 5) is 16.9. The van der Waals surface area contributed by atoms with Crippen LogP contribution in [0.15, 0.2) is 59.1 Å². The molecule has 0 aliphatic heterocycles. The third kappa shape index (κ3) is 2.95. The number of benzene rings is 2. The molecule has 0 saturated heterocycles. The van der Waals surface area contributed by atoms with Gasteiger partial charge in [0.2, 0.25) is 0 Å². The highest BCUT2D eigenvalue weighted by molar-refractivity contribution is 9.10. The number of nitrogens with zero attached hydrogens (tertiary/aromatic N) is 1. The Balaban J connectivity index is 1.90. The highest BCUT2D eigenvalue weighted by Crippen LogP contribution is 2.21. The summed E-state index contributed by atoms with van der Waals surface area (Å²) in [5, 5.41) is 1.07. The van der Waals surface area contributed by atoms with Crippen molar-refractivity contribution < 1.29 is 4.79 Å². The summed E-state index contributed by atoms with van der Waals surface area (Å²) in [5.41, 5.74) is 8.56. The minimum Gasteiger partial charge on any atom is -0.399 e. The number of halogens is 1. The Kier molecular flexibility index (Phi) is 3.71. The molecule has 3 rings (SSSR count). The average Bonchev–Trinajstić information content (AvgIpc) is 2.49. The van der Waals surface area contributed by atoms with Crippen molar-refractivity contribution in [2.24, 2.45) is 0 Å². The summed E-state index contributed by atoms with van der Waals surface area (Å²) in [6, 6.07) is 17.0. The number of carbonyl (C=O) groups excluding carboxylic acids is 1. The second-order valence-electron chi connectivity index (χ2n) is 4.83. The molecule has 1 aromatic heterocycles. The maximum atomic E-state index is 12.4. The van der Waals surface area contributed by atoms with Crippen LogP contribution in [0.25, 0.3) is 10.9 Å². The third-order valence-electron chi connectivity index (χ3n) is 3.29. The fraction of sp³-hybridized carbons (Fsp3) is 0.0588. The van der Waals surface area contributed by atoms with Crippen LogP contribution in [0.5, 0.6) is 0 Å². The fourth-order valence-corrected chi connectivity index (χ4v) is 2.69. The number of hydrogen-bond donors (Lipinski definition) is 1. The van der Waals surface area contributed by atoms with Gasteiger partial charge in [0, 0.05) is 26.8 Å². The predicted molar refractivity (Wildman–Crippen MR) is 88.3 cm³/mol. The van der Waals surface area contributed by atoms with Gasteiger partial charge in [0.25, 0.3) is 0 Å². The molecular formula is C17H13BrN2O. The quantitative estimate of drug-likeness (QED) is 0.579. The lowest BCUT2D eigenvalue weighted by Crippen LogP contribution is -2.06. The number of Topliss-reactive ketones (excluding diaryl/α,β-unsaturated/α-hetero) is 1. The van der Waals surface area contributed by atoms with Crippen LogP contribution in [0.3, 0.4) is 0 Å². The Bertz CT molecular complexity index is 830. The number of rotatable bonds is 3. The maximum Gasteiger partial charge on any atom is 0.170 e. The fourth-order valence-electron chi connectivity index (χ4n) is 2.22. The van der Waals surface area contributed by atoms with Gasteiger partial charge in [-0.15, -0.1) is 0 Å². The molecule has 0 aliphatic carbocycles. The minimum absolute atomic E-state index is 0.00282. The number of hydrogen-bond acceptors (Lipinski definition) is 3. The SMILES string of the molecule is Nc1ccc(Br)c(C(=O)Cc2ccc3ccccc3n2)c1. The number of para-hydroxylation sites is 1. The first-order valence-corrected chi connectivity index (χ1v) is 7.36. The number of nitrogen functional groups attached to an aromatic ring is 1. The first-order valence-electron chi connectivity index (χ1n) is 6.56. The highest BCUT2D eigenvalue weighted by Gasteiger charge is 2.12. The molecule has 0 fully saturated rings. The molecule has 0 atom stereocenters. The number of nitrogens with two attached hydrogens (primary N) is 1. The Morgan fingerprint density at radius 3 is 2.76 bits per heavy atom. The molecule has 3 nitrogen and oxygen atoms in total. The first kappa shape index (κ1) is 13.8. The molecule has 0 aliphatic rings. The number of fused-ring (bicyclic) bond motifs is 1. The Morgan fingerprint density at radius 2 is 1.90 bits per heavy atom. The van der Waals surface area contributed by atoms with E-state index in [9.17, 15) is 4.79 Å². The normalized spacial score (nSPS) is 10.7. The molecule has 21 heavy (non-hydrogen) atoms. The van der Waals surface area contributed by atoms with E-state index in [0.717, 1.165) is 21.1 Å². The van der Waals surface area contributed by atoms with Gasteiger partial charge in [-0.25, -0.2) is 0 Å². The lowest BCUT2D eigenvalue weighted by Gasteiger charge is -2.06. The molecule has 2 aromatic carbocycles. The number of ketones is 1. The van der Waals surface area contributed by atoms with Gasteiger partial charge < -0.3 is 5.73 Å². The molecule has 0 amide bonds. The molecule has 4 heteroatoms. The van der Waals surface area contributed by atoms with Crippen LogP contribution >= 0.6 is 15.9 Å². The standard InChI is InChI=1S/C17H13BrN2O/c18-15-8-6-12(19)9-14(15)17(21)10-13-7-5-11-3-1-2-4-16(11)20-13/h1-9H,10,19H2. The number of carbonyl (C=O) groups is 1. The van der Waals surface area contributed by atoms with Crippen LogP contribution in [-0.4, -0.2) is 10.8 Å². The van der Waals surface area contributed by atoms with E-state index in [2.05, 4.69) is 20.9 Å². The van der Waals surface area contributed by atoms with Crippen molar-refractivity contribution in [1.29, 1.82) is 0 Å². The van der Waals surface area contributed by atoms with Gasteiger partial charge in [-0.1, -0.05) is 40.2 Å². The van der Waals surface area contributed by atoms with Gasteiger partial charge in [0.1, 0.15) is 0 Å². The summed E-state index contributed by atoms with van der Waals surface area (Å²) in [6.07, 6.45) is 0.257. The molecule has 0 unspecified atom stereocenters. The van der Waals surface area contributed by atoms with E-state index in [1.807, 2.05) is 36.4 Å². The van der Waals surface area contributed by atoms with Gasteiger partial charge in [-0.05, 0) is 30.3 Å². The van der Waals surface area contributed by atoms with Crippen LogP contribution in [0.4, 0.5) is 5.69 Å². The van der Waals surface area contributed by atoms with Crippen molar-refractivity contribution in [3.05, 3.63) is 70.3 Å². The lowest BCUT2D eigenvalue weighted by molar-refractivity contribution is 0.0991. The van der Waals surface area contributed by atoms with E-state index in [1.54, 1.807) is 18.2 Å². The topological polar surface area (TPSA) is 56.0 Å². The summed E-state index contributed by atoms with van der Waals surface area (Å²) in [7, 11) is 0. The molecule has 1 heterocycles. The molecule has 3 aromatic rings. The van der Waals surface area contributed by atoms with Crippen molar-refractivity contribution in [3.8, 4) is 0 Å². The second-order valence-corrected chi connectivity index (χ2v) is 5.69. The summed E-state index contributed by atoms with van der Waals surface area (Å²) >= 11 is 3.39. The van der Waals surface area contributed by atoms with Crippen molar-refractivity contribution in [2.45, 2.75) is 6.42 Å². The molecule has 104 valence electrons. The van der Waals surface area contributed by atoms with Gasteiger partial charge in [0.15, 0.2) is 5.78 Å². The van der Waals surface area contributed by atoms with E-state index in [1.165, 1.54) is 0 Å². The van der Waals surface area contributed by atoms with Gasteiger partial charge >= 0.3 is 0 Å². The number of pyridine rings is 1. The summed E-state index contributed by atoms with van der Waals surface area (Å²) in [6.45, 7) is 0. The Labute approximate surface area is 130 Å². The van der Waals surface area contributed by atoms with E-state index < -0.39 is 0 Å². The van der Waals surface area contributed by atoms with Gasteiger partial charge in [0.05, 0.1) is 11.9 Å². The van der Waals surface area contributed by atoms with E-state index >= 15 is 0 Å². The molecular weight excluding hydrogens is 328 g/mol. The maximum absolute atomic E-state index is 12.4. The molecule has 2 N–H and O–H groups in total. The smallest absolute Gasteiger partial charge is 0.170 e. The van der Waals surface area contributed by atoms with Crippen LogP contribution in [0, 0.1) is 0 Å². The summed E-state index contributed by atoms with van der Waals surface area (Å²) < 4.78 is 0.752. The van der Waals surface area contributed by atoms with E-state index in [-0.39, 0.29) is 12.2 Å². The molecule has 0 bridgehead atoms. The average molecular weight is 341 g/mol. The minimum atomic E-state index is -0.00282. The van der Waals surface area contributed by atoms with Crippen molar-refractivity contribution in [1.82, 2.24) is 4.98 Å². The zero-order valence-electron chi connectivity index (χ0n) is 11.2. The van der Waals surface area contributed by atoms with E-state index in [4.69, 9.17) is 5.73 Å². The highest BCUT2D eigenvalue weighted by atomic mass is 79.9. The van der Waals surface area contributed by atoms with Gasteiger partial charge in [-0.2, -0.15) is 0 Å². The Morgan fingerprint density at radius 1 is 1.10 bits per heavy atom. The molecule has 0 radical (unpaired) electrons. The monoisotopic (exact) mass is 340 g/mol. The third-order valence-corrected chi connectivity index (χ3v) is 3.98. The zero-order chi connectivity index (χ0) is 14.8. The van der Waals surface area contributed by atoms with E-state index in [0.29, 0.717) is 11.3 Å². The Hall–Kier alpha value is -2.20. The number of anilines is 1. The van der Waals surface area contributed by atoms with Gasteiger partial charge in [-0.3, -0.25) is 9.78 Å². The predicted octanol–water partition coefficient (Wildman–Crippen LogP) is 4.00. The van der Waals surface area contributed by atoms with Crippen LogP contribution in [-0.2, 0) is 6.42 Å². The van der Waals surface area contributed by atoms with Crippen molar-refractivity contribution >= 4 is 38.3 Å². The van der Waals surface area contributed by atoms with Crippen molar-refractivity contribution in [2.75, 3.05) is 5.73 Å². The molecule has 0 saturated carbocycles. The molecule has 0 spiro atoms. The largest absolute Gasteiger partial charge is 0.399 e. The summed E-state index contributed by atoms with van der Waals surface area (Å²) in [5.74, 6) is -0.00282. The number of aromatic nitrogens is 1.